The molecule has 8 nitrogen and oxygen atoms in total. The molecule has 1 aromatic carbocycles. The van der Waals surface area contributed by atoms with Crippen molar-refractivity contribution in [3.05, 3.63) is 42.7 Å². The van der Waals surface area contributed by atoms with E-state index in [1.165, 1.54) is 0 Å². The van der Waals surface area contributed by atoms with Crippen molar-refractivity contribution >= 4 is 16.7 Å². The van der Waals surface area contributed by atoms with Crippen LogP contribution in [0.1, 0.15) is 19.8 Å². The van der Waals surface area contributed by atoms with E-state index in [2.05, 4.69) is 9.97 Å². The van der Waals surface area contributed by atoms with Crippen LogP contribution in [0.2, 0.25) is 0 Å². The van der Waals surface area contributed by atoms with Crippen LogP contribution in [0.15, 0.2) is 15.7 Å². The normalized spacial score (nSPS) is 10.8. The van der Waals surface area contributed by atoms with E-state index in [-0.39, 0.29) is 17.6 Å². The monoisotopic (exact) mass is 297 g/mol. The molecule has 1 aromatic heterocycles. The minimum atomic E-state index is -1.06. The summed E-state index contributed by atoms with van der Waals surface area (Å²) in [5.74, 6) is -1.53. The van der Waals surface area contributed by atoms with Crippen molar-refractivity contribution in [1.29, 1.82) is 0 Å². The first kappa shape index (κ1) is 14.7. The molecule has 112 valence electrons. The molecule has 9 heteroatoms. The molecule has 0 aliphatic rings. The topological polar surface area (TPSA) is 118 Å². The minimum Gasteiger partial charge on any atom is -0.485 e. The Morgan fingerprint density at radius 2 is 2.00 bits per heavy atom. The second-order valence-electron chi connectivity index (χ2n) is 4.33. The van der Waals surface area contributed by atoms with E-state index >= 15 is 0 Å². The molecule has 0 radical (unpaired) electrons. The van der Waals surface area contributed by atoms with E-state index in [0.29, 0.717) is 6.42 Å². The number of fused-ring (bicyclic) bond motifs is 1. The zero-order valence-electron chi connectivity index (χ0n) is 11.1. The molecule has 2 N–H and O–H groups in total. The molecule has 2 aromatic rings. The molecule has 21 heavy (non-hydrogen) atoms. The molecule has 0 aliphatic heterocycles. The maximum absolute atomic E-state index is 14.0. The Bertz CT molecular complexity index is 811. The first-order valence-electron chi connectivity index (χ1n) is 6.21. The predicted octanol–water partition coefficient (Wildman–Crippen LogP) is 1.44. The summed E-state index contributed by atoms with van der Waals surface area (Å²) in [7, 11) is 0. The summed E-state index contributed by atoms with van der Waals surface area (Å²) < 4.78 is 19.1. The smallest absolute Gasteiger partial charge is 0.339 e. The van der Waals surface area contributed by atoms with Crippen LogP contribution in [-0.4, -0.2) is 21.5 Å². The lowest BCUT2D eigenvalue weighted by Crippen LogP contribution is -2.29. The van der Waals surface area contributed by atoms with Gasteiger partial charge < -0.3 is 14.7 Å². The largest absolute Gasteiger partial charge is 0.485 e. The predicted molar refractivity (Wildman–Crippen MR) is 72.2 cm³/mol. The van der Waals surface area contributed by atoms with Crippen LogP contribution in [0.5, 0.6) is 5.75 Å². The van der Waals surface area contributed by atoms with Gasteiger partial charge in [0.05, 0.1) is 17.0 Å². The number of benzene rings is 1. The van der Waals surface area contributed by atoms with Gasteiger partial charge in [-0.2, -0.15) is 0 Å². The number of rotatable bonds is 5. The van der Waals surface area contributed by atoms with Crippen molar-refractivity contribution in [3.63, 3.8) is 0 Å². The van der Waals surface area contributed by atoms with Crippen LogP contribution < -0.4 is 15.9 Å². The minimum absolute atomic E-state index is 0.105. The Balaban J connectivity index is 2.73. The van der Waals surface area contributed by atoms with Gasteiger partial charge in [0.1, 0.15) is 5.52 Å². The standard InChI is InChI=1S/C12H12FN3O5/c1-2-3-4-21-10-6(13)5-7-8(9(10)16(19)20)15-12(18)11(17)14-7/h5H,2-4H2,1H3,(H,14,17)(H,15,18). The Labute approximate surface area is 116 Å². The third-order valence-electron chi connectivity index (χ3n) is 2.83. The number of hydrogen-bond acceptors (Lipinski definition) is 5. The van der Waals surface area contributed by atoms with Gasteiger partial charge in [0.15, 0.2) is 5.82 Å². The maximum Gasteiger partial charge on any atom is 0.339 e. The lowest BCUT2D eigenvalue weighted by atomic mass is 10.2. The number of nitro groups is 1. The van der Waals surface area contributed by atoms with E-state index in [0.717, 1.165) is 12.5 Å². The van der Waals surface area contributed by atoms with E-state index in [1.54, 1.807) is 0 Å². The quantitative estimate of drug-likeness (QED) is 0.374. The molecule has 0 saturated heterocycles. The number of nitrogens with zero attached hydrogens (tertiary/aromatic N) is 1. The van der Waals surface area contributed by atoms with E-state index < -0.39 is 33.3 Å². The first-order chi connectivity index (χ1) is 9.95. The molecule has 0 unspecified atom stereocenters. The van der Waals surface area contributed by atoms with Crippen LogP contribution >= 0.6 is 0 Å². The molecule has 1 heterocycles. The van der Waals surface area contributed by atoms with Gasteiger partial charge in [0.2, 0.25) is 5.75 Å². The van der Waals surface area contributed by atoms with Gasteiger partial charge in [-0.15, -0.1) is 0 Å². The average molecular weight is 297 g/mol. The molecule has 0 spiro atoms. The number of aromatic amines is 2. The third kappa shape index (κ3) is 2.76. The summed E-state index contributed by atoms with van der Waals surface area (Å²) >= 11 is 0. The lowest BCUT2D eigenvalue weighted by Gasteiger charge is -2.09. The number of H-pyrrole nitrogens is 2. The third-order valence-corrected chi connectivity index (χ3v) is 2.83. The molecule has 0 amide bonds. The Kier molecular flexibility index (Phi) is 4.01. The van der Waals surface area contributed by atoms with Gasteiger partial charge in [-0.25, -0.2) is 4.39 Å². The maximum atomic E-state index is 14.0. The van der Waals surface area contributed by atoms with Gasteiger partial charge in [0, 0.05) is 6.07 Å². The van der Waals surface area contributed by atoms with Crippen LogP contribution in [0.25, 0.3) is 11.0 Å². The second kappa shape index (κ2) is 5.73. The van der Waals surface area contributed by atoms with Crippen LogP contribution in [0.3, 0.4) is 0 Å². The highest BCUT2D eigenvalue weighted by Gasteiger charge is 2.26. The Hall–Kier alpha value is -2.71. The molecule has 0 bridgehead atoms. The first-order valence-corrected chi connectivity index (χ1v) is 6.21. The number of aromatic nitrogens is 2. The van der Waals surface area contributed by atoms with Crippen molar-refractivity contribution < 1.29 is 14.1 Å². The van der Waals surface area contributed by atoms with Crippen LogP contribution in [-0.2, 0) is 0 Å². The van der Waals surface area contributed by atoms with Crippen LogP contribution in [0.4, 0.5) is 10.1 Å². The number of unbranched alkanes of at least 4 members (excludes halogenated alkanes) is 1. The summed E-state index contributed by atoms with van der Waals surface area (Å²) in [6.07, 6.45) is 1.37. The Morgan fingerprint density at radius 3 is 2.62 bits per heavy atom. The van der Waals surface area contributed by atoms with Crippen molar-refractivity contribution in [3.8, 4) is 5.75 Å². The molecule has 0 saturated carbocycles. The molecule has 0 fully saturated rings. The fourth-order valence-electron chi connectivity index (χ4n) is 1.82. The van der Waals surface area contributed by atoms with Gasteiger partial charge >= 0.3 is 16.8 Å². The number of halogens is 1. The fraction of sp³-hybridized carbons (Fsp3) is 0.333. The van der Waals surface area contributed by atoms with E-state index in [4.69, 9.17) is 4.74 Å². The van der Waals surface area contributed by atoms with Crippen molar-refractivity contribution in [2.45, 2.75) is 19.8 Å². The van der Waals surface area contributed by atoms with Crippen molar-refractivity contribution in [2.75, 3.05) is 6.61 Å². The fourth-order valence-corrected chi connectivity index (χ4v) is 1.82. The SMILES string of the molecule is CCCCOc1c(F)cc2[nH]c(=O)c(=O)[nH]c2c1[N+](=O)[O-]. The van der Waals surface area contributed by atoms with Crippen molar-refractivity contribution in [2.24, 2.45) is 0 Å². The number of nitrogens with one attached hydrogen (secondary N) is 2. The van der Waals surface area contributed by atoms with Gasteiger partial charge in [-0.3, -0.25) is 19.7 Å². The van der Waals surface area contributed by atoms with Crippen molar-refractivity contribution in [1.82, 2.24) is 9.97 Å². The highest BCUT2D eigenvalue weighted by molar-refractivity contribution is 5.87. The average Bonchev–Trinajstić information content (AvgIpc) is 2.41. The summed E-state index contributed by atoms with van der Waals surface area (Å²) in [5.41, 5.74) is -3.24. The van der Waals surface area contributed by atoms with Crippen LogP contribution in [0, 0.1) is 15.9 Å². The molecular formula is C12H12FN3O5. The van der Waals surface area contributed by atoms with Gasteiger partial charge in [-0.05, 0) is 6.42 Å². The number of nitro benzene ring substituents is 1. The zero-order chi connectivity index (χ0) is 15.6. The lowest BCUT2D eigenvalue weighted by molar-refractivity contribution is -0.384. The number of hydrogen-bond donors (Lipinski definition) is 2. The molecule has 0 atom stereocenters. The zero-order valence-corrected chi connectivity index (χ0v) is 11.1. The number of ether oxygens (including phenoxy) is 1. The molecule has 2 rings (SSSR count). The highest BCUT2D eigenvalue weighted by Crippen LogP contribution is 2.35. The molecular weight excluding hydrogens is 285 g/mol. The summed E-state index contributed by atoms with van der Waals surface area (Å²) in [5, 5.41) is 11.2. The Morgan fingerprint density at radius 1 is 1.33 bits per heavy atom. The summed E-state index contributed by atoms with van der Waals surface area (Å²) in [4.78, 5) is 37.0. The van der Waals surface area contributed by atoms with E-state index in [1.807, 2.05) is 6.92 Å². The van der Waals surface area contributed by atoms with Gasteiger partial charge in [-0.1, -0.05) is 13.3 Å². The highest BCUT2D eigenvalue weighted by atomic mass is 19.1. The summed E-state index contributed by atoms with van der Waals surface area (Å²) in [6.45, 7) is 1.99. The molecule has 0 aliphatic carbocycles. The van der Waals surface area contributed by atoms with E-state index in [9.17, 15) is 24.1 Å². The second-order valence-corrected chi connectivity index (χ2v) is 4.33. The summed E-state index contributed by atoms with van der Waals surface area (Å²) in [6, 6.07) is 0.876. The van der Waals surface area contributed by atoms with Gasteiger partial charge in [0.25, 0.3) is 0 Å².